The SMILES string of the molecule is Cc1cc(S(=O)(=O)Nc2cc(Cn3ccc(O)c3)ccc2-c2ccccc2)c(C)cc1Cl. The van der Waals surface area contributed by atoms with Gasteiger partial charge in [0.05, 0.1) is 10.6 Å². The zero-order valence-electron chi connectivity index (χ0n) is 17.7. The fraction of sp³-hybridized carbons (Fsp3) is 0.120. The van der Waals surface area contributed by atoms with Gasteiger partial charge < -0.3 is 9.67 Å². The molecule has 0 saturated carbocycles. The summed E-state index contributed by atoms with van der Waals surface area (Å²) in [7, 11) is -3.85. The molecule has 2 N–H and O–H groups in total. The number of rotatable bonds is 6. The second-order valence-corrected chi connectivity index (χ2v) is 9.82. The molecule has 32 heavy (non-hydrogen) atoms. The third kappa shape index (κ3) is 4.66. The first-order valence-corrected chi connectivity index (χ1v) is 11.9. The summed E-state index contributed by atoms with van der Waals surface area (Å²) in [6.45, 7) is 4.00. The van der Waals surface area contributed by atoms with Crippen molar-refractivity contribution in [1.82, 2.24) is 4.57 Å². The number of nitrogens with one attached hydrogen (secondary N) is 1. The largest absolute Gasteiger partial charge is 0.506 e. The van der Waals surface area contributed by atoms with E-state index in [1.54, 1.807) is 44.4 Å². The summed E-state index contributed by atoms with van der Waals surface area (Å²) in [5.41, 5.74) is 4.32. The lowest BCUT2D eigenvalue weighted by Crippen LogP contribution is -2.15. The van der Waals surface area contributed by atoms with Crippen molar-refractivity contribution in [1.29, 1.82) is 0 Å². The molecule has 7 heteroatoms. The highest BCUT2D eigenvalue weighted by molar-refractivity contribution is 7.92. The van der Waals surface area contributed by atoms with E-state index >= 15 is 0 Å². The molecule has 0 amide bonds. The van der Waals surface area contributed by atoms with Gasteiger partial charge in [-0.2, -0.15) is 0 Å². The number of anilines is 1. The molecule has 0 aliphatic rings. The number of aryl methyl sites for hydroxylation is 2. The lowest BCUT2D eigenvalue weighted by Gasteiger charge is -2.17. The molecule has 0 radical (unpaired) electrons. The average Bonchev–Trinajstić information content (AvgIpc) is 3.15. The molecule has 0 bridgehead atoms. The summed E-state index contributed by atoms with van der Waals surface area (Å²) in [4.78, 5) is 0.194. The number of nitrogens with zero attached hydrogens (tertiary/aromatic N) is 1. The Morgan fingerprint density at radius 3 is 2.41 bits per heavy atom. The third-order valence-electron chi connectivity index (χ3n) is 5.26. The molecule has 4 aromatic rings. The third-order valence-corrected chi connectivity index (χ3v) is 7.17. The van der Waals surface area contributed by atoms with Gasteiger partial charge in [-0.3, -0.25) is 4.72 Å². The van der Waals surface area contributed by atoms with Crippen LogP contribution in [0.15, 0.2) is 84.0 Å². The summed E-state index contributed by atoms with van der Waals surface area (Å²) in [6.07, 6.45) is 3.39. The molecule has 1 heterocycles. The molecular weight excluding hydrogens is 444 g/mol. The van der Waals surface area contributed by atoms with E-state index in [2.05, 4.69) is 4.72 Å². The van der Waals surface area contributed by atoms with Gasteiger partial charge in [0, 0.05) is 29.5 Å². The number of hydrogen-bond donors (Lipinski definition) is 2. The Labute approximate surface area is 193 Å². The predicted molar refractivity (Wildman–Crippen MR) is 129 cm³/mol. The molecule has 0 aliphatic carbocycles. The normalized spacial score (nSPS) is 11.5. The van der Waals surface area contributed by atoms with Crippen molar-refractivity contribution >= 4 is 27.3 Å². The molecule has 0 saturated heterocycles. The lowest BCUT2D eigenvalue weighted by atomic mass is 10.0. The van der Waals surface area contributed by atoms with Crippen molar-refractivity contribution in [3.8, 4) is 16.9 Å². The maximum Gasteiger partial charge on any atom is 0.262 e. The molecule has 4 rings (SSSR count). The van der Waals surface area contributed by atoms with E-state index in [0.717, 1.165) is 16.7 Å². The van der Waals surface area contributed by atoms with Gasteiger partial charge in [0.15, 0.2) is 0 Å². The Morgan fingerprint density at radius 1 is 0.969 bits per heavy atom. The van der Waals surface area contributed by atoms with Gasteiger partial charge in [0.25, 0.3) is 10.0 Å². The average molecular weight is 467 g/mol. The van der Waals surface area contributed by atoms with Crippen LogP contribution in [0.3, 0.4) is 0 Å². The standard InChI is InChI=1S/C25H23ClN2O3S/c1-17-13-25(18(2)12-23(17)26)32(30,31)27-24-14-19(15-28-11-10-21(29)16-28)8-9-22(24)20-6-4-3-5-7-20/h3-14,16,27,29H,15H2,1-2H3. The molecule has 1 aromatic heterocycles. The summed E-state index contributed by atoms with van der Waals surface area (Å²) in [5.74, 6) is 0.181. The summed E-state index contributed by atoms with van der Waals surface area (Å²) < 4.78 is 31.3. The Hall–Kier alpha value is -3.22. The number of aromatic hydroxyl groups is 1. The molecule has 0 atom stereocenters. The second-order valence-electron chi connectivity index (χ2n) is 7.76. The van der Waals surface area contributed by atoms with Gasteiger partial charge in [-0.25, -0.2) is 8.42 Å². The van der Waals surface area contributed by atoms with E-state index in [9.17, 15) is 13.5 Å². The van der Waals surface area contributed by atoms with Gasteiger partial charge in [-0.05, 0) is 60.4 Å². The number of benzene rings is 3. The Balaban J connectivity index is 1.78. The molecule has 0 fully saturated rings. The molecule has 164 valence electrons. The van der Waals surface area contributed by atoms with Crippen LogP contribution in [0.5, 0.6) is 5.75 Å². The number of hydrogen-bond acceptors (Lipinski definition) is 3. The number of halogens is 1. The van der Waals surface area contributed by atoms with Crippen LogP contribution in [0, 0.1) is 13.8 Å². The van der Waals surface area contributed by atoms with Crippen LogP contribution in [-0.4, -0.2) is 18.1 Å². The molecule has 0 spiro atoms. The molecule has 0 aliphatic heterocycles. The van der Waals surface area contributed by atoms with E-state index in [1.165, 1.54) is 0 Å². The van der Waals surface area contributed by atoms with E-state index in [1.807, 2.05) is 53.1 Å². The first kappa shape index (κ1) is 22.0. The highest BCUT2D eigenvalue weighted by atomic mass is 35.5. The summed E-state index contributed by atoms with van der Waals surface area (Å²) >= 11 is 6.17. The van der Waals surface area contributed by atoms with Gasteiger partial charge >= 0.3 is 0 Å². The quantitative estimate of drug-likeness (QED) is 0.367. The van der Waals surface area contributed by atoms with Crippen LogP contribution < -0.4 is 4.72 Å². The lowest BCUT2D eigenvalue weighted by molar-refractivity contribution is 0.474. The Morgan fingerprint density at radius 2 is 1.72 bits per heavy atom. The predicted octanol–water partition coefficient (Wildman–Crippen LogP) is 5.98. The van der Waals surface area contributed by atoms with E-state index in [0.29, 0.717) is 28.4 Å². The van der Waals surface area contributed by atoms with Crippen LogP contribution in [0.4, 0.5) is 5.69 Å². The smallest absolute Gasteiger partial charge is 0.262 e. The van der Waals surface area contributed by atoms with Crippen molar-refractivity contribution in [3.05, 3.63) is 101 Å². The van der Waals surface area contributed by atoms with Gasteiger partial charge in [0.2, 0.25) is 0 Å². The minimum absolute atomic E-state index is 0.181. The highest BCUT2D eigenvalue weighted by Crippen LogP contribution is 2.32. The number of sulfonamides is 1. The maximum absolute atomic E-state index is 13.3. The van der Waals surface area contributed by atoms with Gasteiger partial charge in [-0.15, -0.1) is 0 Å². The monoisotopic (exact) mass is 466 g/mol. The first-order chi connectivity index (χ1) is 15.2. The highest BCUT2D eigenvalue weighted by Gasteiger charge is 2.20. The minimum atomic E-state index is -3.85. The molecule has 5 nitrogen and oxygen atoms in total. The molecular formula is C25H23ClN2O3S. The van der Waals surface area contributed by atoms with E-state index in [-0.39, 0.29) is 10.6 Å². The second kappa shape index (κ2) is 8.73. The zero-order chi connectivity index (χ0) is 22.9. The Bertz CT molecular complexity index is 1380. The Kier molecular flexibility index (Phi) is 6.00. The van der Waals surface area contributed by atoms with Crippen molar-refractivity contribution in [2.75, 3.05) is 4.72 Å². The maximum atomic E-state index is 13.3. The number of aromatic nitrogens is 1. The van der Waals surface area contributed by atoms with E-state index < -0.39 is 10.0 Å². The van der Waals surface area contributed by atoms with Crippen molar-refractivity contribution in [3.63, 3.8) is 0 Å². The molecule has 0 unspecified atom stereocenters. The van der Waals surface area contributed by atoms with Crippen LogP contribution in [0.1, 0.15) is 16.7 Å². The van der Waals surface area contributed by atoms with E-state index in [4.69, 9.17) is 11.6 Å². The van der Waals surface area contributed by atoms with Crippen LogP contribution in [0.25, 0.3) is 11.1 Å². The summed E-state index contributed by atoms with van der Waals surface area (Å²) in [5, 5.41) is 10.1. The fourth-order valence-corrected chi connectivity index (χ4v) is 5.23. The zero-order valence-corrected chi connectivity index (χ0v) is 19.3. The minimum Gasteiger partial charge on any atom is -0.506 e. The van der Waals surface area contributed by atoms with Crippen LogP contribution in [0.2, 0.25) is 5.02 Å². The first-order valence-electron chi connectivity index (χ1n) is 10.1. The fourth-order valence-electron chi connectivity index (χ4n) is 3.62. The summed E-state index contributed by atoms with van der Waals surface area (Å²) in [6, 6.07) is 20.2. The van der Waals surface area contributed by atoms with Crippen LogP contribution in [-0.2, 0) is 16.6 Å². The molecule has 3 aromatic carbocycles. The van der Waals surface area contributed by atoms with Gasteiger partial charge in [0.1, 0.15) is 5.75 Å². The van der Waals surface area contributed by atoms with Crippen molar-refractivity contribution < 1.29 is 13.5 Å². The topological polar surface area (TPSA) is 71.3 Å². The van der Waals surface area contributed by atoms with Crippen molar-refractivity contribution in [2.24, 2.45) is 0 Å². The van der Waals surface area contributed by atoms with Crippen molar-refractivity contribution in [2.45, 2.75) is 25.3 Å². The van der Waals surface area contributed by atoms with Gasteiger partial charge in [-0.1, -0.05) is 54.1 Å². The van der Waals surface area contributed by atoms with Crippen LogP contribution >= 0.6 is 11.6 Å².